The zero-order chi connectivity index (χ0) is 15.0. The van der Waals surface area contributed by atoms with Crippen LogP contribution in [0.2, 0.25) is 0 Å². The van der Waals surface area contributed by atoms with Gasteiger partial charge < -0.3 is 10.5 Å². The summed E-state index contributed by atoms with van der Waals surface area (Å²) in [6, 6.07) is 10.1. The number of hydrogen-bond donors (Lipinski definition) is 1. The van der Waals surface area contributed by atoms with Gasteiger partial charge in [-0.3, -0.25) is 4.40 Å². The second-order valence-corrected chi connectivity index (χ2v) is 5.86. The molecule has 0 radical (unpaired) electrons. The number of aromatic nitrogens is 2. The van der Waals surface area contributed by atoms with Gasteiger partial charge in [0.2, 0.25) is 0 Å². The van der Waals surface area contributed by atoms with Crippen molar-refractivity contribution in [3.05, 3.63) is 52.1 Å². The molecule has 21 heavy (non-hydrogen) atoms. The number of halogens is 1. The molecule has 0 bridgehead atoms. The summed E-state index contributed by atoms with van der Waals surface area (Å²) in [5, 5.41) is 0. The molecule has 0 aliphatic carbocycles. The van der Waals surface area contributed by atoms with E-state index in [1.807, 2.05) is 47.9 Å². The minimum Gasteiger partial charge on any atom is -0.383 e. The Bertz CT molecular complexity index is 793. The largest absolute Gasteiger partial charge is 0.383 e. The van der Waals surface area contributed by atoms with Gasteiger partial charge in [0.15, 0.2) is 0 Å². The monoisotopic (exact) mass is 345 g/mol. The van der Waals surface area contributed by atoms with Crippen molar-refractivity contribution >= 4 is 27.4 Å². The van der Waals surface area contributed by atoms with Gasteiger partial charge in [0, 0.05) is 23.3 Å². The van der Waals surface area contributed by atoms with Crippen molar-refractivity contribution in [1.82, 2.24) is 9.38 Å². The van der Waals surface area contributed by atoms with Crippen molar-refractivity contribution in [2.75, 3.05) is 12.8 Å². The lowest BCUT2D eigenvalue weighted by Gasteiger charge is -2.03. The molecule has 3 aromatic rings. The van der Waals surface area contributed by atoms with Crippen LogP contribution in [0.1, 0.15) is 11.1 Å². The van der Waals surface area contributed by atoms with Gasteiger partial charge in [-0.25, -0.2) is 4.98 Å². The minimum absolute atomic E-state index is 0.604. The Hall–Kier alpha value is -1.85. The Kier molecular flexibility index (Phi) is 3.69. The first kappa shape index (κ1) is 14.1. The summed E-state index contributed by atoms with van der Waals surface area (Å²) in [5.74, 6) is 0.644. The molecule has 0 saturated carbocycles. The van der Waals surface area contributed by atoms with Crippen molar-refractivity contribution in [3.63, 3.8) is 0 Å². The third kappa shape index (κ3) is 2.54. The Morgan fingerprint density at radius 2 is 2.00 bits per heavy atom. The molecule has 4 nitrogen and oxygen atoms in total. The van der Waals surface area contributed by atoms with Crippen molar-refractivity contribution in [2.24, 2.45) is 0 Å². The van der Waals surface area contributed by atoms with E-state index >= 15 is 0 Å². The van der Waals surface area contributed by atoms with Crippen LogP contribution in [0, 0.1) is 6.92 Å². The summed E-state index contributed by atoms with van der Waals surface area (Å²) >= 11 is 3.52. The van der Waals surface area contributed by atoms with Crippen LogP contribution < -0.4 is 5.73 Å². The van der Waals surface area contributed by atoms with Crippen molar-refractivity contribution in [3.8, 4) is 11.3 Å². The fourth-order valence-electron chi connectivity index (χ4n) is 2.32. The number of aryl methyl sites for hydroxylation is 1. The van der Waals surface area contributed by atoms with Crippen LogP contribution in [0.15, 0.2) is 41.0 Å². The smallest absolute Gasteiger partial charge is 0.139 e. The molecular formula is C16H16BrN3O. The van der Waals surface area contributed by atoms with E-state index in [1.165, 1.54) is 0 Å². The minimum atomic E-state index is 0.604. The van der Waals surface area contributed by atoms with Crippen LogP contribution in [-0.2, 0) is 11.3 Å². The van der Waals surface area contributed by atoms with E-state index in [4.69, 9.17) is 10.5 Å². The number of hydrogen-bond acceptors (Lipinski definition) is 3. The Labute approximate surface area is 131 Å². The van der Waals surface area contributed by atoms with Crippen LogP contribution in [-0.4, -0.2) is 16.5 Å². The van der Waals surface area contributed by atoms with E-state index in [1.54, 1.807) is 7.11 Å². The fourth-order valence-corrected chi connectivity index (χ4v) is 2.64. The third-order valence-corrected chi connectivity index (χ3v) is 4.31. The molecule has 2 heterocycles. The molecule has 0 amide bonds. The van der Waals surface area contributed by atoms with Gasteiger partial charge in [0.25, 0.3) is 0 Å². The zero-order valence-corrected chi connectivity index (χ0v) is 13.5. The van der Waals surface area contributed by atoms with Crippen molar-refractivity contribution in [1.29, 1.82) is 0 Å². The number of anilines is 1. The lowest BCUT2D eigenvalue weighted by atomic mass is 10.1. The molecule has 0 unspecified atom stereocenters. The molecule has 0 saturated heterocycles. The molecule has 0 aliphatic rings. The molecule has 3 rings (SSSR count). The highest BCUT2D eigenvalue weighted by Crippen LogP contribution is 2.29. The number of fused-ring (bicyclic) bond motifs is 1. The van der Waals surface area contributed by atoms with E-state index in [9.17, 15) is 0 Å². The quantitative estimate of drug-likeness (QED) is 0.785. The van der Waals surface area contributed by atoms with Gasteiger partial charge in [-0.05, 0) is 40.0 Å². The average molecular weight is 346 g/mol. The molecule has 2 N–H and O–H groups in total. The lowest BCUT2D eigenvalue weighted by Crippen LogP contribution is -1.95. The maximum Gasteiger partial charge on any atom is 0.139 e. The predicted molar refractivity (Wildman–Crippen MR) is 88.2 cm³/mol. The number of nitrogen functional groups attached to an aromatic ring is 1. The summed E-state index contributed by atoms with van der Waals surface area (Å²) < 4.78 is 8.04. The van der Waals surface area contributed by atoms with Gasteiger partial charge in [0.05, 0.1) is 6.61 Å². The molecule has 0 fully saturated rings. The maximum absolute atomic E-state index is 6.24. The first-order valence-electron chi connectivity index (χ1n) is 6.62. The maximum atomic E-state index is 6.24. The van der Waals surface area contributed by atoms with Crippen LogP contribution in [0.4, 0.5) is 5.82 Å². The highest BCUT2D eigenvalue weighted by Gasteiger charge is 2.12. The Balaban J connectivity index is 2.09. The number of pyridine rings is 1. The molecule has 1 aromatic carbocycles. The first-order chi connectivity index (χ1) is 10.1. The molecule has 108 valence electrons. The highest BCUT2D eigenvalue weighted by atomic mass is 79.9. The number of imidazole rings is 1. The summed E-state index contributed by atoms with van der Waals surface area (Å²) in [6.07, 6.45) is 1.95. The fraction of sp³-hybridized carbons (Fsp3) is 0.188. The summed E-state index contributed by atoms with van der Waals surface area (Å²) in [4.78, 5) is 4.65. The topological polar surface area (TPSA) is 52.5 Å². The van der Waals surface area contributed by atoms with Crippen LogP contribution in [0.5, 0.6) is 0 Å². The molecule has 0 aliphatic heterocycles. The van der Waals surface area contributed by atoms with Crippen LogP contribution in [0.3, 0.4) is 0 Å². The summed E-state index contributed by atoms with van der Waals surface area (Å²) in [7, 11) is 1.69. The second kappa shape index (κ2) is 5.50. The molecule has 0 spiro atoms. The van der Waals surface area contributed by atoms with Crippen LogP contribution in [0.25, 0.3) is 16.9 Å². The average Bonchev–Trinajstić information content (AvgIpc) is 2.78. The van der Waals surface area contributed by atoms with Crippen molar-refractivity contribution < 1.29 is 4.74 Å². The summed E-state index contributed by atoms with van der Waals surface area (Å²) in [6.45, 7) is 2.64. The van der Waals surface area contributed by atoms with Crippen molar-refractivity contribution in [2.45, 2.75) is 13.5 Å². The lowest BCUT2D eigenvalue weighted by molar-refractivity contribution is 0.185. The molecule has 2 aromatic heterocycles. The number of benzene rings is 1. The summed E-state index contributed by atoms with van der Waals surface area (Å²) in [5.41, 5.74) is 11.2. The number of rotatable bonds is 3. The third-order valence-electron chi connectivity index (χ3n) is 3.48. The molecule has 5 heteroatoms. The van der Waals surface area contributed by atoms with Crippen LogP contribution >= 0.6 is 15.9 Å². The van der Waals surface area contributed by atoms with E-state index in [-0.39, 0.29) is 0 Å². The molecular weight excluding hydrogens is 330 g/mol. The van der Waals surface area contributed by atoms with E-state index in [0.29, 0.717) is 12.4 Å². The van der Waals surface area contributed by atoms with E-state index in [0.717, 1.165) is 32.5 Å². The normalized spacial score (nSPS) is 11.2. The van der Waals surface area contributed by atoms with E-state index < -0.39 is 0 Å². The SMILES string of the molecule is COCc1ccc(-c2nc3cc(C)c(Br)cn3c2N)cc1. The Morgan fingerprint density at radius 3 is 2.67 bits per heavy atom. The number of nitrogens with zero attached hydrogens (tertiary/aromatic N) is 2. The zero-order valence-electron chi connectivity index (χ0n) is 11.9. The van der Waals surface area contributed by atoms with Gasteiger partial charge >= 0.3 is 0 Å². The second-order valence-electron chi connectivity index (χ2n) is 5.01. The predicted octanol–water partition coefficient (Wildman–Crippen LogP) is 3.80. The van der Waals surface area contributed by atoms with Gasteiger partial charge in [0.1, 0.15) is 17.2 Å². The first-order valence-corrected chi connectivity index (χ1v) is 7.41. The van der Waals surface area contributed by atoms with Gasteiger partial charge in [-0.1, -0.05) is 24.3 Å². The Morgan fingerprint density at radius 1 is 1.29 bits per heavy atom. The number of methoxy groups -OCH3 is 1. The van der Waals surface area contributed by atoms with Gasteiger partial charge in [-0.2, -0.15) is 0 Å². The number of ether oxygens (including phenoxy) is 1. The molecule has 0 atom stereocenters. The van der Waals surface area contributed by atoms with Gasteiger partial charge in [-0.15, -0.1) is 0 Å². The number of nitrogens with two attached hydrogens (primary N) is 1. The standard InChI is InChI=1S/C16H16BrN3O/c1-10-7-14-19-15(16(18)20(14)8-13(10)17)12-5-3-11(4-6-12)9-21-2/h3-8H,9,18H2,1-2H3. The van der Waals surface area contributed by atoms with E-state index in [2.05, 4.69) is 20.9 Å². The highest BCUT2D eigenvalue weighted by molar-refractivity contribution is 9.10.